The van der Waals surface area contributed by atoms with Gasteiger partial charge in [0, 0.05) is 27.5 Å². The molecule has 7 heteroatoms. The quantitative estimate of drug-likeness (QED) is 0.721. The van der Waals surface area contributed by atoms with E-state index in [1.54, 1.807) is 0 Å². The summed E-state index contributed by atoms with van der Waals surface area (Å²) in [5.74, 6) is -0.750. The van der Waals surface area contributed by atoms with Crippen LogP contribution in [0.5, 0.6) is 0 Å². The monoisotopic (exact) mass is 256 g/mol. The number of hydrogen-bond acceptors (Lipinski definition) is 4. The Labute approximate surface area is 88.9 Å². The van der Waals surface area contributed by atoms with Crippen LogP contribution in [0.1, 0.15) is 10.4 Å². The molecular formula is C7H6ClFO3S2. The fourth-order valence-electron chi connectivity index (χ4n) is 1.31. The summed E-state index contributed by atoms with van der Waals surface area (Å²) in [4.78, 5) is 0.716. The van der Waals surface area contributed by atoms with Gasteiger partial charge in [-0.25, -0.2) is 12.8 Å². The lowest BCUT2D eigenvalue weighted by atomic mass is 10.2. The van der Waals surface area contributed by atoms with Gasteiger partial charge in [0.15, 0.2) is 10.0 Å². The normalized spacial score (nSPS) is 16.7. The maximum absolute atomic E-state index is 13.5. The van der Waals surface area contributed by atoms with Gasteiger partial charge in [-0.2, -0.15) is 0 Å². The number of fused-ring (bicyclic) bond motifs is 1. The van der Waals surface area contributed by atoms with Crippen molar-refractivity contribution in [3.8, 4) is 0 Å². The molecule has 0 aliphatic carbocycles. The Bertz CT molecular complexity index is 466. The van der Waals surface area contributed by atoms with Crippen LogP contribution in [-0.4, -0.2) is 15.0 Å². The van der Waals surface area contributed by atoms with Crippen molar-refractivity contribution in [3.05, 3.63) is 16.3 Å². The molecule has 3 nitrogen and oxygen atoms in total. The van der Waals surface area contributed by atoms with Crippen LogP contribution < -0.4 is 0 Å². The van der Waals surface area contributed by atoms with E-state index in [0.717, 1.165) is 11.3 Å². The molecule has 0 saturated carbocycles. The van der Waals surface area contributed by atoms with Gasteiger partial charge in [-0.05, 0) is 0 Å². The molecule has 0 atom stereocenters. The molecule has 1 aromatic heterocycles. The molecule has 0 fully saturated rings. The Morgan fingerprint density at radius 1 is 1.50 bits per heavy atom. The van der Waals surface area contributed by atoms with E-state index in [9.17, 15) is 12.8 Å². The van der Waals surface area contributed by atoms with E-state index in [1.807, 2.05) is 0 Å². The lowest BCUT2D eigenvalue weighted by Gasteiger charge is -2.10. The fourth-order valence-corrected chi connectivity index (χ4v) is 3.72. The van der Waals surface area contributed by atoms with Crippen LogP contribution in [0.25, 0.3) is 0 Å². The number of thiophene rings is 1. The summed E-state index contributed by atoms with van der Waals surface area (Å²) < 4.78 is 40.0. The third-order valence-electron chi connectivity index (χ3n) is 1.94. The lowest BCUT2D eigenvalue weighted by Crippen LogP contribution is -2.07. The summed E-state index contributed by atoms with van der Waals surface area (Å²) in [5.41, 5.74) is 0.334. The van der Waals surface area contributed by atoms with E-state index in [4.69, 9.17) is 15.4 Å². The summed E-state index contributed by atoms with van der Waals surface area (Å²) in [6, 6.07) is 0. The van der Waals surface area contributed by atoms with Gasteiger partial charge in [-0.15, -0.1) is 11.3 Å². The average Bonchev–Trinajstić information content (AvgIpc) is 2.44. The molecule has 1 aliphatic heterocycles. The smallest absolute Gasteiger partial charge is 0.273 e. The lowest BCUT2D eigenvalue weighted by molar-refractivity contribution is 0.109. The average molecular weight is 257 g/mol. The maximum Gasteiger partial charge on any atom is 0.273 e. The van der Waals surface area contributed by atoms with Crippen molar-refractivity contribution in [1.29, 1.82) is 0 Å². The zero-order chi connectivity index (χ0) is 10.3. The molecule has 2 rings (SSSR count). The highest BCUT2D eigenvalue weighted by molar-refractivity contribution is 8.15. The van der Waals surface area contributed by atoms with Crippen LogP contribution in [0, 0.1) is 5.82 Å². The second-order valence-corrected chi connectivity index (χ2v) is 6.71. The van der Waals surface area contributed by atoms with Gasteiger partial charge in [0.25, 0.3) is 9.05 Å². The first-order valence-corrected chi connectivity index (χ1v) is 6.95. The molecule has 2 heterocycles. The second kappa shape index (κ2) is 3.44. The summed E-state index contributed by atoms with van der Waals surface area (Å²) in [6.07, 6.45) is 0.545. The van der Waals surface area contributed by atoms with Gasteiger partial charge < -0.3 is 4.74 Å². The number of halogens is 2. The minimum absolute atomic E-state index is 0.129. The van der Waals surface area contributed by atoms with Crippen LogP contribution >= 0.6 is 22.0 Å². The van der Waals surface area contributed by atoms with Gasteiger partial charge in [-0.3, -0.25) is 0 Å². The molecule has 0 aromatic carbocycles. The van der Waals surface area contributed by atoms with E-state index in [2.05, 4.69) is 0 Å². The largest absolute Gasteiger partial charge is 0.376 e. The van der Waals surface area contributed by atoms with Crippen LogP contribution in [0.4, 0.5) is 4.39 Å². The molecule has 0 radical (unpaired) electrons. The highest BCUT2D eigenvalue weighted by atomic mass is 35.7. The van der Waals surface area contributed by atoms with Crippen LogP contribution in [0.2, 0.25) is 0 Å². The van der Waals surface area contributed by atoms with Crippen molar-refractivity contribution < 1.29 is 17.5 Å². The molecule has 1 aromatic rings. The van der Waals surface area contributed by atoms with E-state index in [-0.39, 0.29) is 6.61 Å². The Hall–Kier alpha value is -0.170. The summed E-state index contributed by atoms with van der Waals surface area (Å²) >= 11 is 0.894. The highest BCUT2D eigenvalue weighted by Gasteiger charge is 2.27. The molecule has 14 heavy (non-hydrogen) atoms. The summed E-state index contributed by atoms with van der Waals surface area (Å²) in [6.45, 7) is 0.624. The van der Waals surface area contributed by atoms with Crippen molar-refractivity contribution in [2.24, 2.45) is 0 Å². The number of rotatable bonds is 1. The molecule has 0 amide bonds. The van der Waals surface area contributed by atoms with Gasteiger partial charge in [0.2, 0.25) is 0 Å². The standard InChI is InChI=1S/C7H6ClFO3S2/c8-14(10,11)7-6(9)4-3-12-2-1-5(4)13-7/h1-3H2. The van der Waals surface area contributed by atoms with E-state index in [0.29, 0.717) is 23.5 Å². The molecule has 0 bridgehead atoms. The first-order chi connectivity index (χ1) is 6.50. The van der Waals surface area contributed by atoms with Gasteiger partial charge in [-0.1, -0.05) is 0 Å². The molecular weight excluding hydrogens is 251 g/mol. The minimum atomic E-state index is -3.97. The first kappa shape index (κ1) is 10.4. The third-order valence-corrected chi connectivity index (χ3v) is 5.27. The zero-order valence-corrected chi connectivity index (χ0v) is 9.31. The Morgan fingerprint density at radius 3 is 2.79 bits per heavy atom. The van der Waals surface area contributed by atoms with E-state index >= 15 is 0 Å². The van der Waals surface area contributed by atoms with Crippen LogP contribution in [0.3, 0.4) is 0 Å². The zero-order valence-electron chi connectivity index (χ0n) is 6.92. The third kappa shape index (κ3) is 1.67. The first-order valence-electron chi connectivity index (χ1n) is 3.82. The SMILES string of the molecule is O=S(=O)(Cl)c1sc2c(c1F)COCC2. The molecule has 78 valence electrons. The molecule has 0 N–H and O–H groups in total. The molecule has 0 unspecified atom stereocenters. The topological polar surface area (TPSA) is 43.4 Å². The number of hydrogen-bond donors (Lipinski definition) is 0. The molecule has 0 spiro atoms. The second-order valence-electron chi connectivity index (χ2n) is 2.85. The molecule has 0 saturated heterocycles. The summed E-state index contributed by atoms with van der Waals surface area (Å²) in [5, 5.41) is 0. The predicted molar refractivity (Wildman–Crippen MR) is 50.7 cm³/mol. The van der Waals surface area contributed by atoms with Crippen LogP contribution in [0.15, 0.2) is 4.21 Å². The predicted octanol–water partition coefficient (Wildman–Crippen LogP) is 1.89. The Balaban J connectivity index is 2.60. The van der Waals surface area contributed by atoms with Gasteiger partial charge in [0.1, 0.15) is 0 Å². The Morgan fingerprint density at radius 2 is 2.21 bits per heavy atom. The maximum atomic E-state index is 13.5. The van der Waals surface area contributed by atoms with E-state index in [1.165, 1.54) is 0 Å². The molecule has 1 aliphatic rings. The van der Waals surface area contributed by atoms with Gasteiger partial charge >= 0.3 is 0 Å². The van der Waals surface area contributed by atoms with Crippen molar-refractivity contribution in [2.45, 2.75) is 17.2 Å². The fraction of sp³-hybridized carbons (Fsp3) is 0.429. The van der Waals surface area contributed by atoms with Crippen molar-refractivity contribution in [2.75, 3.05) is 6.61 Å². The van der Waals surface area contributed by atoms with E-state index < -0.39 is 19.1 Å². The highest BCUT2D eigenvalue weighted by Crippen LogP contribution is 2.35. The van der Waals surface area contributed by atoms with Gasteiger partial charge in [0.05, 0.1) is 13.2 Å². The van der Waals surface area contributed by atoms with Crippen molar-refractivity contribution in [1.82, 2.24) is 0 Å². The van der Waals surface area contributed by atoms with Crippen molar-refractivity contribution in [3.63, 3.8) is 0 Å². The Kier molecular flexibility index (Phi) is 2.55. The van der Waals surface area contributed by atoms with Crippen molar-refractivity contribution >= 4 is 31.1 Å². The summed E-state index contributed by atoms with van der Waals surface area (Å²) in [7, 11) is 1.12. The minimum Gasteiger partial charge on any atom is -0.376 e. The van der Waals surface area contributed by atoms with Crippen LogP contribution in [-0.2, 0) is 26.8 Å². The number of ether oxygens (including phenoxy) is 1.